The molecule has 0 radical (unpaired) electrons. The Balaban J connectivity index is 1.20. The van der Waals surface area contributed by atoms with Gasteiger partial charge in [0, 0.05) is 0 Å². The molecule has 0 aliphatic carbocycles. The lowest BCUT2D eigenvalue weighted by molar-refractivity contribution is 1.64. The molecule has 250 valence electrons. The van der Waals surface area contributed by atoms with Gasteiger partial charge in [-0.15, -0.1) is 0 Å². The van der Waals surface area contributed by atoms with Crippen molar-refractivity contribution < 1.29 is 0 Å². The molecule has 0 unspecified atom stereocenters. The van der Waals surface area contributed by atoms with Crippen LogP contribution in [-0.2, 0) is 0 Å². The maximum Gasteiger partial charge on any atom is -0.00201 e. The fourth-order valence-corrected chi connectivity index (χ4v) is 9.12. The first-order chi connectivity index (χ1) is 26.8. The van der Waals surface area contributed by atoms with E-state index in [1.54, 1.807) is 0 Å². The second-order valence-corrected chi connectivity index (χ2v) is 14.3. The Bertz CT molecular complexity index is 3200. The van der Waals surface area contributed by atoms with Crippen LogP contribution in [0.1, 0.15) is 0 Å². The molecule has 0 spiro atoms. The van der Waals surface area contributed by atoms with Crippen molar-refractivity contribution in [3.8, 4) is 44.5 Å². The molecular formula is C54H34. The van der Waals surface area contributed by atoms with Crippen LogP contribution in [0.25, 0.3) is 109 Å². The largest absolute Gasteiger partial charge is 0.0622 e. The van der Waals surface area contributed by atoms with Gasteiger partial charge in [0.25, 0.3) is 0 Å². The van der Waals surface area contributed by atoms with E-state index in [1.807, 2.05) is 0 Å². The zero-order chi connectivity index (χ0) is 35.6. The van der Waals surface area contributed by atoms with Crippen molar-refractivity contribution in [2.24, 2.45) is 0 Å². The van der Waals surface area contributed by atoms with Crippen molar-refractivity contribution >= 4 is 64.6 Å². The standard InChI is InChI=1S/C54H34/c1-2-16-35(17-3-1)38-30-32-50(42-23-9-6-21-40(38)42)53-46-26-12-14-28-48(46)54(49-29-15-13-27-47(49)53)51-33-31-45(41-22-8-10-24-43(41)51)52-34-36-18-4-5-19-37(36)39-20-7-11-25-44(39)52/h1-34H. The quantitative estimate of drug-likeness (QED) is 0.128. The normalized spacial score (nSPS) is 11.7. The van der Waals surface area contributed by atoms with Crippen molar-refractivity contribution in [1.82, 2.24) is 0 Å². The third-order valence-corrected chi connectivity index (χ3v) is 11.5. The summed E-state index contributed by atoms with van der Waals surface area (Å²) in [5.74, 6) is 0. The average molecular weight is 683 g/mol. The van der Waals surface area contributed by atoms with E-state index in [2.05, 4.69) is 206 Å². The maximum atomic E-state index is 2.38. The fraction of sp³-hybridized carbons (Fsp3) is 0. The minimum absolute atomic E-state index is 1.23. The Labute approximate surface area is 314 Å². The topological polar surface area (TPSA) is 0 Å². The first-order valence-corrected chi connectivity index (χ1v) is 18.8. The van der Waals surface area contributed by atoms with Crippen LogP contribution in [0.5, 0.6) is 0 Å². The molecule has 0 saturated carbocycles. The van der Waals surface area contributed by atoms with Crippen molar-refractivity contribution in [3.63, 3.8) is 0 Å². The Morgan fingerprint density at radius 1 is 0.185 bits per heavy atom. The third-order valence-electron chi connectivity index (χ3n) is 11.5. The second kappa shape index (κ2) is 12.3. The van der Waals surface area contributed by atoms with E-state index < -0.39 is 0 Å². The van der Waals surface area contributed by atoms with Gasteiger partial charge in [0.15, 0.2) is 0 Å². The molecule has 0 aliphatic rings. The van der Waals surface area contributed by atoms with E-state index in [-0.39, 0.29) is 0 Å². The van der Waals surface area contributed by atoms with E-state index >= 15 is 0 Å². The molecule has 0 saturated heterocycles. The zero-order valence-electron chi connectivity index (χ0n) is 29.6. The molecular weight excluding hydrogens is 649 g/mol. The SMILES string of the molecule is c1ccc(-c2ccc(-c3c4ccccc4c(-c4ccc(-c5cc6ccccc6c6ccccc56)c5ccccc45)c4ccccc34)c3ccccc23)cc1. The lowest BCUT2D eigenvalue weighted by Gasteiger charge is -2.21. The fourth-order valence-electron chi connectivity index (χ4n) is 9.12. The summed E-state index contributed by atoms with van der Waals surface area (Å²) in [5, 5.41) is 15.2. The van der Waals surface area contributed by atoms with E-state index in [1.165, 1.54) is 109 Å². The first-order valence-electron chi connectivity index (χ1n) is 18.8. The monoisotopic (exact) mass is 682 g/mol. The van der Waals surface area contributed by atoms with Gasteiger partial charge in [0.05, 0.1) is 0 Å². The summed E-state index contributed by atoms with van der Waals surface area (Å²) >= 11 is 0. The lowest BCUT2D eigenvalue weighted by Crippen LogP contribution is -1.94. The van der Waals surface area contributed by atoms with Crippen LogP contribution < -0.4 is 0 Å². The number of benzene rings is 11. The molecule has 11 rings (SSSR count). The van der Waals surface area contributed by atoms with Gasteiger partial charge in [0.1, 0.15) is 0 Å². The van der Waals surface area contributed by atoms with Gasteiger partial charge in [0.2, 0.25) is 0 Å². The molecule has 0 atom stereocenters. The van der Waals surface area contributed by atoms with Crippen LogP contribution in [-0.4, -0.2) is 0 Å². The lowest BCUT2D eigenvalue weighted by atomic mass is 9.82. The highest BCUT2D eigenvalue weighted by molar-refractivity contribution is 6.26. The van der Waals surface area contributed by atoms with Crippen LogP contribution in [0, 0.1) is 0 Å². The van der Waals surface area contributed by atoms with Gasteiger partial charge in [-0.2, -0.15) is 0 Å². The number of fused-ring (bicyclic) bond motifs is 7. The van der Waals surface area contributed by atoms with Crippen LogP contribution in [0.4, 0.5) is 0 Å². The van der Waals surface area contributed by atoms with Gasteiger partial charge in [-0.1, -0.05) is 200 Å². The molecule has 0 fully saturated rings. The van der Waals surface area contributed by atoms with Crippen LogP contribution >= 0.6 is 0 Å². The van der Waals surface area contributed by atoms with Gasteiger partial charge in [-0.05, 0) is 115 Å². The Hall–Kier alpha value is -7.02. The van der Waals surface area contributed by atoms with E-state index in [0.717, 1.165) is 0 Å². The van der Waals surface area contributed by atoms with E-state index in [9.17, 15) is 0 Å². The van der Waals surface area contributed by atoms with Crippen LogP contribution in [0.15, 0.2) is 206 Å². The highest BCUT2D eigenvalue weighted by atomic mass is 14.2. The summed E-state index contributed by atoms with van der Waals surface area (Å²) < 4.78 is 0. The Morgan fingerprint density at radius 3 is 1.04 bits per heavy atom. The summed E-state index contributed by atoms with van der Waals surface area (Å²) in [4.78, 5) is 0. The van der Waals surface area contributed by atoms with Gasteiger partial charge in [-0.3, -0.25) is 0 Å². The molecule has 0 N–H and O–H groups in total. The minimum atomic E-state index is 1.23. The molecule has 0 aromatic heterocycles. The predicted octanol–water partition coefficient (Wildman–Crippen LogP) is 15.3. The molecule has 0 bridgehead atoms. The summed E-state index contributed by atoms with van der Waals surface area (Å²) in [6, 6.07) is 76.0. The molecule has 0 nitrogen and oxygen atoms in total. The highest BCUT2D eigenvalue weighted by Crippen LogP contribution is 2.49. The van der Waals surface area contributed by atoms with Gasteiger partial charge < -0.3 is 0 Å². The van der Waals surface area contributed by atoms with E-state index in [4.69, 9.17) is 0 Å². The number of rotatable bonds is 4. The number of hydrogen-bond donors (Lipinski definition) is 0. The molecule has 11 aromatic rings. The third kappa shape index (κ3) is 4.64. The van der Waals surface area contributed by atoms with Crippen molar-refractivity contribution in [3.05, 3.63) is 206 Å². The Kier molecular flexibility index (Phi) is 6.97. The highest BCUT2D eigenvalue weighted by Gasteiger charge is 2.21. The molecule has 0 heteroatoms. The first kappa shape index (κ1) is 30.6. The van der Waals surface area contributed by atoms with Gasteiger partial charge >= 0.3 is 0 Å². The van der Waals surface area contributed by atoms with Crippen LogP contribution in [0.3, 0.4) is 0 Å². The number of hydrogen-bond acceptors (Lipinski definition) is 0. The summed E-state index contributed by atoms with van der Waals surface area (Å²) in [5.41, 5.74) is 10.1. The second-order valence-electron chi connectivity index (χ2n) is 14.3. The molecule has 0 amide bonds. The summed E-state index contributed by atoms with van der Waals surface area (Å²) in [7, 11) is 0. The van der Waals surface area contributed by atoms with Crippen molar-refractivity contribution in [2.45, 2.75) is 0 Å². The zero-order valence-corrected chi connectivity index (χ0v) is 29.6. The summed E-state index contributed by atoms with van der Waals surface area (Å²) in [6.07, 6.45) is 0. The van der Waals surface area contributed by atoms with E-state index in [0.29, 0.717) is 0 Å². The molecule has 11 aromatic carbocycles. The smallest absolute Gasteiger partial charge is 0.00201 e. The van der Waals surface area contributed by atoms with Crippen molar-refractivity contribution in [1.29, 1.82) is 0 Å². The minimum Gasteiger partial charge on any atom is -0.0622 e. The Morgan fingerprint density at radius 2 is 0.519 bits per heavy atom. The maximum absolute atomic E-state index is 2.38. The predicted molar refractivity (Wildman–Crippen MR) is 233 cm³/mol. The van der Waals surface area contributed by atoms with Gasteiger partial charge in [-0.25, -0.2) is 0 Å². The molecule has 54 heavy (non-hydrogen) atoms. The average Bonchev–Trinajstić information content (AvgIpc) is 3.25. The molecule has 0 aliphatic heterocycles. The molecule has 0 heterocycles. The van der Waals surface area contributed by atoms with Crippen molar-refractivity contribution in [2.75, 3.05) is 0 Å². The summed E-state index contributed by atoms with van der Waals surface area (Å²) in [6.45, 7) is 0. The van der Waals surface area contributed by atoms with Crippen LogP contribution in [0.2, 0.25) is 0 Å².